The molecule has 1 amide bonds. The number of carbonyl (C=O) groups is 1. The highest BCUT2D eigenvalue weighted by Crippen LogP contribution is 2.31. The van der Waals surface area contributed by atoms with Gasteiger partial charge in [0.25, 0.3) is 0 Å². The molecule has 0 aliphatic carbocycles. The van der Waals surface area contributed by atoms with Crippen LogP contribution in [0.15, 0.2) is 29.3 Å². The number of carbonyl (C=O) groups excluding carboxylic acids is 1. The van der Waals surface area contributed by atoms with Gasteiger partial charge in [-0.2, -0.15) is 0 Å². The molecule has 2 heterocycles. The van der Waals surface area contributed by atoms with Gasteiger partial charge in [-0.1, -0.05) is 24.6 Å². The zero-order valence-electron chi connectivity index (χ0n) is 15.9. The van der Waals surface area contributed by atoms with Crippen molar-refractivity contribution < 1.29 is 4.79 Å². The van der Waals surface area contributed by atoms with E-state index in [-0.39, 0.29) is 11.8 Å². The number of anilines is 1. The van der Waals surface area contributed by atoms with Gasteiger partial charge < -0.3 is 16.0 Å². The third kappa shape index (κ3) is 4.75. The van der Waals surface area contributed by atoms with Crippen LogP contribution in [0.1, 0.15) is 44.1 Å². The van der Waals surface area contributed by atoms with E-state index in [2.05, 4.69) is 38.8 Å². The van der Waals surface area contributed by atoms with E-state index in [1.54, 1.807) is 7.05 Å². The Morgan fingerprint density at radius 2 is 2.15 bits per heavy atom. The molecule has 1 aromatic rings. The Morgan fingerprint density at radius 3 is 2.96 bits per heavy atom. The Hall–Kier alpha value is -2.08. The summed E-state index contributed by atoms with van der Waals surface area (Å²) in [6.45, 7) is 6.13. The average Bonchev–Trinajstić information content (AvgIpc) is 2.65. The first-order valence-electron chi connectivity index (χ1n) is 9.74. The topological polar surface area (TPSA) is 68.8 Å². The molecule has 1 aromatic carbocycles. The van der Waals surface area contributed by atoms with Crippen LogP contribution in [0.2, 0.25) is 0 Å². The maximum Gasteiger partial charge on any atom is 0.225 e. The molecule has 0 bridgehead atoms. The number of guanidine groups is 1. The van der Waals surface area contributed by atoms with Gasteiger partial charge in [0.2, 0.25) is 5.91 Å². The quantitative estimate of drug-likeness (QED) is 0.558. The lowest BCUT2D eigenvalue weighted by molar-refractivity contribution is -0.116. The number of benzene rings is 1. The van der Waals surface area contributed by atoms with Crippen LogP contribution in [0, 0.1) is 0 Å². The first-order chi connectivity index (χ1) is 12.7. The second kappa shape index (κ2) is 9.03. The molecule has 2 atom stereocenters. The van der Waals surface area contributed by atoms with Crippen LogP contribution < -0.4 is 16.0 Å². The number of aliphatic imine (C=N–C) groups is 1. The molecular formula is C20H31N5O. The summed E-state index contributed by atoms with van der Waals surface area (Å²) in [4.78, 5) is 18.8. The summed E-state index contributed by atoms with van der Waals surface area (Å²) in [5.74, 6) is 1.05. The molecule has 3 rings (SSSR count). The SMILES string of the molecule is CN=C(NCCN1CCCCC1C)NCC1CC(=O)Nc2ccccc21. The molecule has 0 spiro atoms. The second-order valence-electron chi connectivity index (χ2n) is 7.30. The molecule has 6 nitrogen and oxygen atoms in total. The van der Waals surface area contributed by atoms with E-state index in [1.165, 1.54) is 31.4 Å². The zero-order valence-corrected chi connectivity index (χ0v) is 15.9. The molecule has 26 heavy (non-hydrogen) atoms. The smallest absolute Gasteiger partial charge is 0.225 e. The summed E-state index contributed by atoms with van der Waals surface area (Å²) >= 11 is 0. The Morgan fingerprint density at radius 1 is 1.31 bits per heavy atom. The zero-order chi connectivity index (χ0) is 18.4. The van der Waals surface area contributed by atoms with Crippen molar-refractivity contribution in [3.05, 3.63) is 29.8 Å². The predicted octanol–water partition coefficient (Wildman–Crippen LogP) is 2.15. The van der Waals surface area contributed by atoms with Crippen LogP contribution >= 0.6 is 0 Å². The fourth-order valence-electron chi connectivity index (χ4n) is 3.93. The molecule has 1 saturated heterocycles. The van der Waals surface area contributed by atoms with E-state index < -0.39 is 0 Å². The van der Waals surface area contributed by atoms with Crippen LogP contribution in [-0.2, 0) is 4.79 Å². The fraction of sp³-hybridized carbons (Fsp3) is 0.600. The van der Waals surface area contributed by atoms with Crippen molar-refractivity contribution in [2.75, 3.05) is 38.5 Å². The van der Waals surface area contributed by atoms with Crippen molar-refractivity contribution in [3.8, 4) is 0 Å². The number of para-hydroxylation sites is 1. The Bertz CT molecular complexity index is 645. The third-order valence-corrected chi connectivity index (χ3v) is 5.48. The molecule has 2 unspecified atom stereocenters. The molecular weight excluding hydrogens is 326 g/mol. The van der Waals surface area contributed by atoms with E-state index >= 15 is 0 Å². The van der Waals surface area contributed by atoms with Gasteiger partial charge in [0.15, 0.2) is 5.96 Å². The highest BCUT2D eigenvalue weighted by atomic mass is 16.1. The first-order valence-corrected chi connectivity index (χ1v) is 9.74. The molecule has 0 radical (unpaired) electrons. The summed E-state index contributed by atoms with van der Waals surface area (Å²) in [5, 5.41) is 9.75. The van der Waals surface area contributed by atoms with E-state index in [1.807, 2.05) is 18.2 Å². The van der Waals surface area contributed by atoms with Crippen LogP contribution in [0.3, 0.4) is 0 Å². The molecule has 1 fully saturated rings. The highest BCUT2D eigenvalue weighted by molar-refractivity contribution is 5.94. The summed E-state index contributed by atoms with van der Waals surface area (Å²) in [7, 11) is 1.79. The first kappa shape index (κ1) is 18.7. The number of nitrogens with one attached hydrogen (secondary N) is 3. The van der Waals surface area contributed by atoms with Gasteiger partial charge in [-0.05, 0) is 37.9 Å². The van der Waals surface area contributed by atoms with Crippen LogP contribution in [0.5, 0.6) is 0 Å². The molecule has 2 aliphatic heterocycles. The molecule has 6 heteroatoms. The summed E-state index contributed by atoms with van der Waals surface area (Å²) in [5.41, 5.74) is 2.12. The monoisotopic (exact) mass is 357 g/mol. The number of likely N-dealkylation sites (tertiary alicyclic amines) is 1. The van der Waals surface area contributed by atoms with Gasteiger partial charge in [-0.15, -0.1) is 0 Å². The maximum absolute atomic E-state index is 11.9. The largest absolute Gasteiger partial charge is 0.356 e. The number of amides is 1. The predicted molar refractivity (Wildman–Crippen MR) is 107 cm³/mol. The lowest BCUT2D eigenvalue weighted by Gasteiger charge is -2.33. The van der Waals surface area contributed by atoms with Gasteiger partial charge in [0.1, 0.15) is 0 Å². The Balaban J connectivity index is 1.48. The van der Waals surface area contributed by atoms with Crippen molar-refractivity contribution in [3.63, 3.8) is 0 Å². The summed E-state index contributed by atoms with van der Waals surface area (Å²) < 4.78 is 0. The van der Waals surface area contributed by atoms with Gasteiger partial charge in [-0.25, -0.2) is 0 Å². The van der Waals surface area contributed by atoms with Crippen molar-refractivity contribution in [2.45, 2.75) is 44.6 Å². The maximum atomic E-state index is 11.9. The molecule has 2 aliphatic rings. The normalized spacial score (nSPS) is 23.9. The number of hydrogen-bond acceptors (Lipinski definition) is 3. The molecule has 0 saturated carbocycles. The van der Waals surface area contributed by atoms with E-state index in [0.29, 0.717) is 19.0 Å². The highest BCUT2D eigenvalue weighted by Gasteiger charge is 2.24. The van der Waals surface area contributed by atoms with E-state index in [4.69, 9.17) is 0 Å². The molecule has 3 N–H and O–H groups in total. The average molecular weight is 358 g/mol. The minimum Gasteiger partial charge on any atom is -0.356 e. The van der Waals surface area contributed by atoms with Crippen LogP contribution in [-0.4, -0.2) is 56.0 Å². The number of nitrogens with zero attached hydrogens (tertiary/aromatic N) is 2. The number of piperidine rings is 1. The minimum atomic E-state index is 0.0810. The van der Waals surface area contributed by atoms with Crippen LogP contribution in [0.25, 0.3) is 0 Å². The molecule has 142 valence electrons. The standard InChI is InChI=1S/C20H31N5O/c1-15-7-5-6-11-25(15)12-10-22-20(21-2)23-14-16-13-19(26)24-18-9-4-3-8-17(16)18/h3-4,8-9,15-16H,5-7,10-14H2,1-2H3,(H,24,26)(H2,21,22,23). The third-order valence-electron chi connectivity index (χ3n) is 5.48. The van der Waals surface area contributed by atoms with Crippen molar-refractivity contribution in [2.24, 2.45) is 4.99 Å². The van der Waals surface area contributed by atoms with Crippen molar-refractivity contribution in [1.82, 2.24) is 15.5 Å². The number of hydrogen-bond donors (Lipinski definition) is 3. The van der Waals surface area contributed by atoms with Crippen LogP contribution in [0.4, 0.5) is 5.69 Å². The summed E-state index contributed by atoms with van der Waals surface area (Å²) in [6.07, 6.45) is 4.47. The van der Waals surface area contributed by atoms with Crippen molar-refractivity contribution >= 4 is 17.6 Å². The molecule has 0 aromatic heterocycles. The second-order valence-corrected chi connectivity index (χ2v) is 7.30. The van der Waals surface area contributed by atoms with Crippen molar-refractivity contribution in [1.29, 1.82) is 0 Å². The minimum absolute atomic E-state index is 0.0810. The van der Waals surface area contributed by atoms with Gasteiger partial charge >= 0.3 is 0 Å². The van der Waals surface area contributed by atoms with E-state index in [9.17, 15) is 4.79 Å². The number of rotatable bonds is 5. The lowest BCUT2D eigenvalue weighted by atomic mass is 9.90. The Kier molecular flexibility index (Phi) is 6.50. The van der Waals surface area contributed by atoms with Gasteiger partial charge in [0, 0.05) is 50.7 Å². The lowest BCUT2D eigenvalue weighted by Crippen LogP contribution is -2.46. The summed E-state index contributed by atoms with van der Waals surface area (Å²) in [6, 6.07) is 8.71. The van der Waals surface area contributed by atoms with Gasteiger partial charge in [0.05, 0.1) is 0 Å². The number of fused-ring (bicyclic) bond motifs is 1. The fourth-order valence-corrected chi connectivity index (χ4v) is 3.93. The van der Waals surface area contributed by atoms with E-state index in [0.717, 1.165) is 24.7 Å². The van der Waals surface area contributed by atoms with Gasteiger partial charge in [-0.3, -0.25) is 14.7 Å². The Labute approximate surface area is 156 Å².